The van der Waals surface area contributed by atoms with Crippen molar-refractivity contribution in [1.82, 2.24) is 15.2 Å². The van der Waals surface area contributed by atoms with Gasteiger partial charge in [-0.3, -0.25) is 9.89 Å². The molecule has 24 heavy (non-hydrogen) atoms. The van der Waals surface area contributed by atoms with Gasteiger partial charge in [0, 0.05) is 11.4 Å². The smallest absolute Gasteiger partial charge is 0.234 e. The number of halogens is 2. The van der Waals surface area contributed by atoms with E-state index in [9.17, 15) is 9.18 Å². The van der Waals surface area contributed by atoms with Crippen molar-refractivity contribution in [2.24, 2.45) is 5.92 Å². The van der Waals surface area contributed by atoms with E-state index in [4.69, 9.17) is 11.6 Å². The van der Waals surface area contributed by atoms with Crippen LogP contribution in [0.15, 0.2) is 23.4 Å². The van der Waals surface area contributed by atoms with Crippen LogP contribution in [0.5, 0.6) is 0 Å². The Hall–Kier alpha value is -1.60. The number of nitrogens with one attached hydrogen (secondary N) is 2. The summed E-state index contributed by atoms with van der Waals surface area (Å²) in [6.07, 6.45) is 6.00. The highest BCUT2D eigenvalue weighted by Gasteiger charge is 2.17. The normalized spacial score (nSPS) is 14.9. The predicted octanol–water partition coefficient (Wildman–Crippen LogP) is 4.06. The first-order chi connectivity index (χ1) is 11.6. The molecule has 1 heterocycles. The van der Waals surface area contributed by atoms with E-state index >= 15 is 0 Å². The molecule has 0 bridgehead atoms. The Morgan fingerprint density at radius 2 is 2.21 bits per heavy atom. The Morgan fingerprint density at radius 3 is 2.96 bits per heavy atom. The molecule has 1 aromatic carbocycles. The molecule has 0 spiro atoms. The van der Waals surface area contributed by atoms with E-state index < -0.39 is 5.82 Å². The largest absolute Gasteiger partial charge is 0.323 e. The summed E-state index contributed by atoms with van der Waals surface area (Å²) in [5.74, 6) is 0.796. The lowest BCUT2D eigenvalue weighted by molar-refractivity contribution is -0.113. The van der Waals surface area contributed by atoms with Crippen molar-refractivity contribution >= 4 is 35.0 Å². The van der Waals surface area contributed by atoms with Crippen molar-refractivity contribution in [2.75, 3.05) is 11.1 Å². The molecule has 0 radical (unpaired) electrons. The summed E-state index contributed by atoms with van der Waals surface area (Å²) >= 11 is 6.90. The third-order valence-electron chi connectivity index (χ3n) is 4.01. The van der Waals surface area contributed by atoms with Crippen LogP contribution >= 0.6 is 23.4 Å². The van der Waals surface area contributed by atoms with E-state index in [-0.39, 0.29) is 22.4 Å². The minimum Gasteiger partial charge on any atom is -0.323 e. The highest BCUT2D eigenvalue weighted by molar-refractivity contribution is 7.99. The van der Waals surface area contributed by atoms with Crippen LogP contribution in [0.3, 0.4) is 0 Å². The predicted molar refractivity (Wildman–Crippen MR) is 92.8 cm³/mol. The molecule has 128 valence electrons. The van der Waals surface area contributed by atoms with Gasteiger partial charge >= 0.3 is 0 Å². The van der Waals surface area contributed by atoms with Crippen molar-refractivity contribution < 1.29 is 9.18 Å². The second kappa shape index (κ2) is 7.98. The van der Waals surface area contributed by atoms with Crippen LogP contribution in [0.4, 0.5) is 10.1 Å². The Kier molecular flexibility index (Phi) is 5.73. The Morgan fingerprint density at radius 1 is 1.42 bits per heavy atom. The van der Waals surface area contributed by atoms with Crippen LogP contribution in [-0.4, -0.2) is 26.8 Å². The first-order valence-electron chi connectivity index (χ1n) is 7.89. The maximum absolute atomic E-state index is 13.6. The number of thioether (sulfide) groups is 1. The third-order valence-corrected chi connectivity index (χ3v) is 5.09. The molecule has 1 aliphatic rings. The van der Waals surface area contributed by atoms with Crippen LogP contribution in [0, 0.1) is 11.7 Å². The fourth-order valence-corrected chi connectivity index (χ4v) is 3.60. The first-order valence-corrected chi connectivity index (χ1v) is 9.25. The molecule has 0 unspecified atom stereocenters. The molecule has 5 nitrogen and oxygen atoms in total. The quantitative estimate of drug-likeness (QED) is 0.754. The fraction of sp³-hybridized carbons (Fsp3) is 0.438. The van der Waals surface area contributed by atoms with Gasteiger partial charge in [0.1, 0.15) is 11.6 Å². The standard InChI is InChI=1S/C16H18ClFN4OS/c17-11-5-6-13(12(18)8-11)19-15(23)9-24-16-20-14(21-22-16)7-10-3-1-2-4-10/h5-6,8,10H,1-4,7,9H2,(H,19,23)(H,20,21,22). The van der Waals surface area contributed by atoms with Gasteiger partial charge in [-0.15, -0.1) is 5.10 Å². The van der Waals surface area contributed by atoms with Gasteiger partial charge < -0.3 is 5.32 Å². The Bertz CT molecular complexity index is 718. The zero-order chi connectivity index (χ0) is 16.9. The van der Waals surface area contributed by atoms with Crippen LogP contribution in [0.25, 0.3) is 0 Å². The van der Waals surface area contributed by atoms with Gasteiger partial charge in [-0.1, -0.05) is 49.0 Å². The Labute approximate surface area is 148 Å². The van der Waals surface area contributed by atoms with Crippen molar-refractivity contribution in [2.45, 2.75) is 37.3 Å². The van der Waals surface area contributed by atoms with Crippen molar-refractivity contribution in [3.8, 4) is 0 Å². The average Bonchev–Trinajstić information content (AvgIpc) is 3.20. The summed E-state index contributed by atoms with van der Waals surface area (Å²) < 4.78 is 13.6. The number of anilines is 1. The molecule has 8 heteroatoms. The molecule has 1 aliphatic carbocycles. The van der Waals surface area contributed by atoms with Gasteiger partial charge in [0.05, 0.1) is 11.4 Å². The topological polar surface area (TPSA) is 70.7 Å². The van der Waals surface area contributed by atoms with E-state index in [1.54, 1.807) is 0 Å². The molecule has 1 aromatic heterocycles. The second-order valence-corrected chi connectivity index (χ2v) is 7.26. The van der Waals surface area contributed by atoms with E-state index in [1.807, 2.05) is 0 Å². The van der Waals surface area contributed by atoms with Gasteiger partial charge in [-0.25, -0.2) is 9.37 Å². The number of benzene rings is 1. The van der Waals surface area contributed by atoms with Crippen LogP contribution < -0.4 is 5.32 Å². The van der Waals surface area contributed by atoms with Gasteiger partial charge in [0.15, 0.2) is 0 Å². The van der Waals surface area contributed by atoms with Crippen molar-refractivity contribution in [3.63, 3.8) is 0 Å². The van der Waals surface area contributed by atoms with E-state index in [0.29, 0.717) is 11.1 Å². The number of hydrogen-bond acceptors (Lipinski definition) is 4. The number of hydrogen-bond donors (Lipinski definition) is 2. The van der Waals surface area contributed by atoms with Crippen molar-refractivity contribution in [3.05, 3.63) is 34.9 Å². The number of aromatic nitrogens is 3. The number of nitrogens with zero attached hydrogens (tertiary/aromatic N) is 2. The highest BCUT2D eigenvalue weighted by atomic mass is 35.5. The lowest BCUT2D eigenvalue weighted by Gasteiger charge is -2.05. The van der Waals surface area contributed by atoms with E-state index in [1.165, 1.54) is 49.6 Å². The highest BCUT2D eigenvalue weighted by Crippen LogP contribution is 2.27. The van der Waals surface area contributed by atoms with Gasteiger partial charge in [0.2, 0.25) is 11.1 Å². The lowest BCUT2D eigenvalue weighted by Crippen LogP contribution is -2.15. The second-order valence-electron chi connectivity index (χ2n) is 5.88. The molecular formula is C16H18ClFN4OS. The number of carbonyl (C=O) groups is 1. The van der Waals surface area contributed by atoms with Crippen LogP contribution in [0.1, 0.15) is 31.5 Å². The molecule has 2 N–H and O–H groups in total. The molecule has 1 fully saturated rings. The zero-order valence-electron chi connectivity index (χ0n) is 13.0. The molecular weight excluding hydrogens is 351 g/mol. The summed E-state index contributed by atoms with van der Waals surface area (Å²) in [5, 5.41) is 10.4. The minimum absolute atomic E-state index is 0.113. The van der Waals surface area contributed by atoms with Crippen molar-refractivity contribution in [1.29, 1.82) is 0 Å². The van der Waals surface area contributed by atoms with Gasteiger partial charge in [-0.2, -0.15) is 0 Å². The average molecular weight is 369 g/mol. The fourth-order valence-electron chi connectivity index (χ4n) is 2.83. The molecule has 0 saturated heterocycles. The summed E-state index contributed by atoms with van der Waals surface area (Å²) in [7, 11) is 0. The molecule has 2 aromatic rings. The number of amides is 1. The maximum atomic E-state index is 13.6. The van der Waals surface area contributed by atoms with Crippen LogP contribution in [-0.2, 0) is 11.2 Å². The number of H-pyrrole nitrogens is 1. The Balaban J connectivity index is 1.48. The third kappa shape index (κ3) is 4.70. The lowest BCUT2D eigenvalue weighted by atomic mass is 10.0. The zero-order valence-corrected chi connectivity index (χ0v) is 14.6. The SMILES string of the molecule is O=C(CSc1n[nH]c(CC2CCCC2)n1)Nc1ccc(Cl)cc1F. The van der Waals surface area contributed by atoms with Gasteiger partial charge in [-0.05, 0) is 24.1 Å². The summed E-state index contributed by atoms with van der Waals surface area (Å²) in [4.78, 5) is 16.3. The molecule has 1 saturated carbocycles. The van der Waals surface area contributed by atoms with Gasteiger partial charge in [0.25, 0.3) is 0 Å². The van der Waals surface area contributed by atoms with Crippen LogP contribution in [0.2, 0.25) is 5.02 Å². The first kappa shape index (κ1) is 17.2. The maximum Gasteiger partial charge on any atom is 0.234 e. The monoisotopic (exact) mass is 368 g/mol. The number of carbonyl (C=O) groups excluding carboxylic acids is 1. The summed E-state index contributed by atoms with van der Waals surface area (Å²) in [5.41, 5.74) is 0.113. The summed E-state index contributed by atoms with van der Waals surface area (Å²) in [6, 6.07) is 4.12. The summed E-state index contributed by atoms with van der Waals surface area (Å²) in [6.45, 7) is 0. The number of rotatable bonds is 6. The molecule has 3 rings (SSSR count). The number of aromatic amines is 1. The van der Waals surface area contributed by atoms with E-state index in [2.05, 4.69) is 20.5 Å². The molecule has 1 amide bonds. The molecule has 0 aliphatic heterocycles. The van der Waals surface area contributed by atoms with E-state index in [0.717, 1.165) is 18.3 Å². The molecule has 0 atom stereocenters. The minimum atomic E-state index is -0.558.